The van der Waals surface area contributed by atoms with Crippen molar-refractivity contribution >= 4 is 17.5 Å². The molecule has 1 atom stereocenters. The lowest BCUT2D eigenvalue weighted by atomic mass is 9.99. The number of hydrogen-bond donors (Lipinski definition) is 1. The number of rotatable bonds is 16. The van der Waals surface area contributed by atoms with Gasteiger partial charge in [-0.25, -0.2) is 0 Å². The van der Waals surface area contributed by atoms with Gasteiger partial charge in [0.25, 0.3) is 0 Å². The van der Waals surface area contributed by atoms with E-state index < -0.39 is 0 Å². The van der Waals surface area contributed by atoms with Crippen LogP contribution in [-0.2, 0) is 4.79 Å². The second-order valence-electron chi connectivity index (χ2n) is 6.24. The Labute approximate surface area is 159 Å². The molecule has 0 aliphatic rings. The first-order valence-corrected chi connectivity index (χ1v) is 10.2. The molecular formula is C22H36ClNO. The average molecular weight is 366 g/mol. The predicted molar refractivity (Wildman–Crippen MR) is 112 cm³/mol. The van der Waals surface area contributed by atoms with Crippen LogP contribution in [0.15, 0.2) is 48.6 Å². The Balaban J connectivity index is 3.62. The van der Waals surface area contributed by atoms with Gasteiger partial charge >= 0.3 is 0 Å². The summed E-state index contributed by atoms with van der Waals surface area (Å²) in [4.78, 5) is 11.2. The van der Waals surface area contributed by atoms with E-state index >= 15 is 0 Å². The zero-order valence-corrected chi connectivity index (χ0v) is 16.6. The summed E-state index contributed by atoms with van der Waals surface area (Å²) in [6.07, 6.45) is 28.0. The summed E-state index contributed by atoms with van der Waals surface area (Å²) in [6.45, 7) is 2.23. The van der Waals surface area contributed by atoms with Crippen LogP contribution in [0.25, 0.3) is 0 Å². The Morgan fingerprint density at radius 3 is 1.84 bits per heavy atom. The summed E-state index contributed by atoms with van der Waals surface area (Å²) < 4.78 is 0. The lowest BCUT2D eigenvalue weighted by Gasteiger charge is -2.09. The molecule has 0 spiro atoms. The number of hydrogen-bond acceptors (Lipinski definition) is 1. The van der Waals surface area contributed by atoms with Crippen LogP contribution in [0.3, 0.4) is 0 Å². The van der Waals surface area contributed by atoms with Crippen LogP contribution in [0.5, 0.6) is 0 Å². The number of alkyl halides is 1. The lowest BCUT2D eigenvalue weighted by Crippen LogP contribution is -2.23. The smallest absolute Gasteiger partial charge is 0.220 e. The van der Waals surface area contributed by atoms with Crippen molar-refractivity contribution in [3.05, 3.63) is 48.6 Å². The van der Waals surface area contributed by atoms with E-state index in [1.807, 2.05) is 0 Å². The highest BCUT2D eigenvalue weighted by molar-refractivity contribution is 6.17. The number of allylic oxidation sites excluding steroid dienone is 8. The molecule has 0 aromatic carbocycles. The summed E-state index contributed by atoms with van der Waals surface area (Å²) in [5, 5.41) is 0. The van der Waals surface area contributed by atoms with E-state index in [1.54, 1.807) is 0 Å². The number of unbranched alkanes of at least 4 members (excludes halogenated alkanes) is 3. The van der Waals surface area contributed by atoms with Gasteiger partial charge in [-0.3, -0.25) is 4.79 Å². The molecule has 142 valence electrons. The van der Waals surface area contributed by atoms with E-state index in [0.717, 1.165) is 32.1 Å². The summed E-state index contributed by atoms with van der Waals surface area (Å²) in [6, 6.07) is 0. The van der Waals surface area contributed by atoms with Crippen molar-refractivity contribution < 1.29 is 4.79 Å². The highest BCUT2D eigenvalue weighted by atomic mass is 35.5. The van der Waals surface area contributed by atoms with E-state index in [4.69, 9.17) is 17.3 Å². The molecule has 0 aliphatic carbocycles. The number of nitrogens with two attached hydrogens (primary N) is 1. The third-order valence-corrected chi connectivity index (χ3v) is 4.22. The van der Waals surface area contributed by atoms with E-state index in [-0.39, 0.29) is 11.8 Å². The first-order chi connectivity index (χ1) is 12.2. The molecule has 0 aromatic rings. The predicted octanol–water partition coefficient (Wildman–Crippen LogP) is 6.47. The van der Waals surface area contributed by atoms with Crippen LogP contribution in [0.4, 0.5) is 0 Å². The Kier molecular flexibility index (Phi) is 18.1. The fraction of sp³-hybridized carbons (Fsp3) is 0.591. The van der Waals surface area contributed by atoms with Crippen LogP contribution in [0.1, 0.15) is 71.1 Å². The number of primary amides is 1. The number of carbonyl (C=O) groups is 1. The SMILES string of the molecule is CCCCC/C=C\C/C=C\C/C=C\C/C=C\CCC(CCCl)C(N)=O. The van der Waals surface area contributed by atoms with Gasteiger partial charge in [0, 0.05) is 11.8 Å². The molecule has 0 fully saturated rings. The second kappa shape index (κ2) is 19.1. The maximum Gasteiger partial charge on any atom is 0.220 e. The molecule has 3 heteroatoms. The molecule has 0 aliphatic heterocycles. The van der Waals surface area contributed by atoms with Crippen LogP contribution < -0.4 is 5.73 Å². The molecule has 1 amide bonds. The summed E-state index contributed by atoms with van der Waals surface area (Å²) in [5.41, 5.74) is 5.35. The molecule has 25 heavy (non-hydrogen) atoms. The highest BCUT2D eigenvalue weighted by Gasteiger charge is 2.12. The normalized spacial score (nSPS) is 13.7. The standard InChI is InChI=1S/C22H36ClNO/c1-2-3-4-5-6-7-8-9-10-11-12-13-14-15-16-17-18-21(19-20-23)22(24)25/h6-7,9-10,12-13,15-16,21H,2-5,8,11,14,17-20H2,1H3,(H2,24,25)/b7-6-,10-9-,13-12-,16-15-. The van der Waals surface area contributed by atoms with Gasteiger partial charge in [0.1, 0.15) is 0 Å². The minimum atomic E-state index is -0.239. The van der Waals surface area contributed by atoms with Crippen molar-refractivity contribution in [2.24, 2.45) is 11.7 Å². The largest absolute Gasteiger partial charge is 0.369 e. The van der Waals surface area contributed by atoms with Gasteiger partial charge in [-0.15, -0.1) is 11.6 Å². The summed E-state index contributed by atoms with van der Waals surface area (Å²) in [5.74, 6) is 0.155. The van der Waals surface area contributed by atoms with Gasteiger partial charge in [-0.1, -0.05) is 68.4 Å². The first kappa shape index (κ1) is 23.7. The second-order valence-corrected chi connectivity index (χ2v) is 6.62. The van der Waals surface area contributed by atoms with E-state index in [2.05, 4.69) is 55.5 Å². The number of halogens is 1. The molecule has 0 saturated heterocycles. The molecule has 0 aromatic heterocycles. The molecule has 2 nitrogen and oxygen atoms in total. The zero-order chi connectivity index (χ0) is 18.6. The topological polar surface area (TPSA) is 43.1 Å². The van der Waals surface area contributed by atoms with Crippen LogP contribution in [-0.4, -0.2) is 11.8 Å². The Bertz CT molecular complexity index is 424. The van der Waals surface area contributed by atoms with Crippen LogP contribution in [0, 0.1) is 5.92 Å². The molecule has 1 unspecified atom stereocenters. The van der Waals surface area contributed by atoms with Gasteiger partial charge in [-0.2, -0.15) is 0 Å². The van der Waals surface area contributed by atoms with Crippen LogP contribution in [0.2, 0.25) is 0 Å². The first-order valence-electron chi connectivity index (χ1n) is 9.67. The summed E-state index contributed by atoms with van der Waals surface area (Å²) >= 11 is 5.67. The molecular weight excluding hydrogens is 330 g/mol. The third kappa shape index (κ3) is 17.3. The molecule has 0 bridgehead atoms. The van der Waals surface area contributed by atoms with Crippen molar-refractivity contribution in [2.75, 3.05) is 5.88 Å². The van der Waals surface area contributed by atoms with Gasteiger partial charge in [-0.05, 0) is 51.4 Å². The maximum absolute atomic E-state index is 11.2. The number of amides is 1. The van der Waals surface area contributed by atoms with Crippen molar-refractivity contribution in [3.8, 4) is 0 Å². The molecule has 0 rings (SSSR count). The molecule has 0 heterocycles. The minimum absolute atomic E-state index is 0.0940. The lowest BCUT2D eigenvalue weighted by molar-refractivity contribution is -0.122. The maximum atomic E-state index is 11.2. The Morgan fingerprint density at radius 1 is 0.840 bits per heavy atom. The Morgan fingerprint density at radius 2 is 1.36 bits per heavy atom. The van der Waals surface area contributed by atoms with Crippen molar-refractivity contribution in [2.45, 2.75) is 71.1 Å². The van der Waals surface area contributed by atoms with Crippen molar-refractivity contribution in [1.29, 1.82) is 0 Å². The summed E-state index contributed by atoms with van der Waals surface area (Å²) in [7, 11) is 0. The van der Waals surface area contributed by atoms with Crippen molar-refractivity contribution in [3.63, 3.8) is 0 Å². The quantitative estimate of drug-likeness (QED) is 0.190. The van der Waals surface area contributed by atoms with E-state index in [0.29, 0.717) is 12.3 Å². The molecule has 0 saturated carbocycles. The van der Waals surface area contributed by atoms with E-state index in [1.165, 1.54) is 25.7 Å². The molecule has 2 N–H and O–H groups in total. The van der Waals surface area contributed by atoms with Gasteiger partial charge in [0.15, 0.2) is 0 Å². The minimum Gasteiger partial charge on any atom is -0.369 e. The van der Waals surface area contributed by atoms with Gasteiger partial charge in [0.2, 0.25) is 5.91 Å². The van der Waals surface area contributed by atoms with Crippen LogP contribution >= 0.6 is 11.6 Å². The van der Waals surface area contributed by atoms with Crippen molar-refractivity contribution in [1.82, 2.24) is 0 Å². The highest BCUT2D eigenvalue weighted by Crippen LogP contribution is 2.12. The molecule has 0 radical (unpaired) electrons. The van der Waals surface area contributed by atoms with E-state index in [9.17, 15) is 4.79 Å². The fourth-order valence-corrected chi connectivity index (χ4v) is 2.68. The zero-order valence-electron chi connectivity index (χ0n) is 15.8. The third-order valence-electron chi connectivity index (χ3n) is 4.00. The van der Waals surface area contributed by atoms with Gasteiger partial charge in [0.05, 0.1) is 0 Å². The monoisotopic (exact) mass is 365 g/mol. The average Bonchev–Trinajstić information content (AvgIpc) is 2.60. The Hall–Kier alpha value is -1.28. The number of carbonyl (C=O) groups excluding carboxylic acids is 1. The van der Waals surface area contributed by atoms with Gasteiger partial charge < -0.3 is 5.73 Å². The fourth-order valence-electron chi connectivity index (χ4n) is 2.42.